The van der Waals surface area contributed by atoms with Gasteiger partial charge in [0.25, 0.3) is 0 Å². The number of rotatable bonds is 5. The van der Waals surface area contributed by atoms with Crippen LogP contribution >= 0.6 is 11.3 Å². The second-order valence-electron chi connectivity index (χ2n) is 5.95. The summed E-state index contributed by atoms with van der Waals surface area (Å²) < 4.78 is 0. The van der Waals surface area contributed by atoms with Crippen LogP contribution in [0.25, 0.3) is 0 Å². The first kappa shape index (κ1) is 14.7. The Morgan fingerprint density at radius 3 is 2.76 bits per heavy atom. The maximum atomic E-state index is 4.46. The summed E-state index contributed by atoms with van der Waals surface area (Å²) in [5, 5.41) is 7.00. The van der Waals surface area contributed by atoms with Gasteiger partial charge in [0.1, 0.15) is 5.01 Å². The topological polar surface area (TPSA) is 24.9 Å². The number of fused-ring (bicyclic) bond motifs is 1. The first-order valence-electron chi connectivity index (χ1n) is 8.05. The van der Waals surface area contributed by atoms with Gasteiger partial charge in [-0.25, -0.2) is 4.98 Å². The molecule has 3 rings (SSSR count). The Morgan fingerprint density at radius 2 is 2.05 bits per heavy atom. The summed E-state index contributed by atoms with van der Waals surface area (Å²) in [6.07, 6.45) is 8.17. The Labute approximate surface area is 131 Å². The number of benzene rings is 1. The molecule has 0 bridgehead atoms. The van der Waals surface area contributed by atoms with E-state index in [0.717, 1.165) is 6.42 Å². The van der Waals surface area contributed by atoms with E-state index in [0.29, 0.717) is 12.1 Å². The molecular weight excluding hydrogens is 276 g/mol. The van der Waals surface area contributed by atoms with Gasteiger partial charge in [-0.05, 0) is 55.7 Å². The van der Waals surface area contributed by atoms with Crippen LogP contribution in [0.2, 0.25) is 0 Å². The maximum absolute atomic E-state index is 4.46. The van der Waals surface area contributed by atoms with Gasteiger partial charge in [0.15, 0.2) is 0 Å². The molecule has 1 N–H and O–H groups in total. The second-order valence-corrected chi connectivity index (χ2v) is 6.88. The van der Waals surface area contributed by atoms with Gasteiger partial charge in [0, 0.05) is 17.6 Å². The lowest BCUT2D eigenvalue weighted by Gasteiger charge is -2.23. The number of aryl methyl sites for hydroxylation is 2. The fourth-order valence-corrected chi connectivity index (χ4v) is 3.97. The first-order valence-corrected chi connectivity index (χ1v) is 8.93. The average Bonchev–Trinajstić information content (AvgIpc) is 3.06. The van der Waals surface area contributed by atoms with Crippen molar-refractivity contribution in [1.29, 1.82) is 0 Å². The van der Waals surface area contributed by atoms with Crippen LogP contribution in [0.4, 0.5) is 0 Å². The molecule has 0 aliphatic heterocycles. The molecule has 0 amide bonds. The molecule has 2 aromatic rings. The Bertz CT molecular complexity index is 577. The summed E-state index contributed by atoms with van der Waals surface area (Å²) in [5.74, 6) is 0. The first-order chi connectivity index (χ1) is 10.3. The smallest absolute Gasteiger partial charge is 0.109 e. The van der Waals surface area contributed by atoms with Crippen LogP contribution in [0.15, 0.2) is 29.8 Å². The van der Waals surface area contributed by atoms with Crippen LogP contribution in [0.5, 0.6) is 0 Å². The third-order valence-corrected chi connectivity index (χ3v) is 5.37. The standard InChI is InChI=1S/C18H24N2S/c1-3-17(18-19-10-11-21-18)20-13(2)15-9-8-14-6-4-5-7-16(14)12-15/h8-13,17,20H,3-7H2,1-2H3. The van der Waals surface area contributed by atoms with Crippen molar-refractivity contribution in [2.75, 3.05) is 0 Å². The summed E-state index contributed by atoms with van der Waals surface area (Å²) >= 11 is 1.74. The minimum Gasteiger partial charge on any atom is -0.301 e. The highest BCUT2D eigenvalue weighted by Gasteiger charge is 2.17. The van der Waals surface area contributed by atoms with E-state index in [1.807, 2.05) is 6.20 Å². The van der Waals surface area contributed by atoms with Crippen LogP contribution in [0, 0.1) is 0 Å². The van der Waals surface area contributed by atoms with Crippen LogP contribution < -0.4 is 5.32 Å². The predicted octanol–water partition coefficient (Wildman–Crippen LogP) is 4.82. The third kappa shape index (κ3) is 3.35. The summed E-state index contributed by atoms with van der Waals surface area (Å²) in [6, 6.07) is 7.78. The molecule has 1 aliphatic carbocycles. The van der Waals surface area contributed by atoms with Gasteiger partial charge >= 0.3 is 0 Å². The minimum atomic E-state index is 0.357. The van der Waals surface area contributed by atoms with E-state index in [4.69, 9.17) is 0 Å². The lowest BCUT2D eigenvalue weighted by Crippen LogP contribution is -2.24. The van der Waals surface area contributed by atoms with E-state index in [1.54, 1.807) is 22.5 Å². The van der Waals surface area contributed by atoms with Crippen molar-refractivity contribution in [3.8, 4) is 0 Å². The number of aromatic nitrogens is 1. The highest BCUT2D eigenvalue weighted by atomic mass is 32.1. The van der Waals surface area contributed by atoms with Crippen molar-refractivity contribution in [3.05, 3.63) is 51.5 Å². The van der Waals surface area contributed by atoms with Crippen molar-refractivity contribution in [1.82, 2.24) is 10.3 Å². The van der Waals surface area contributed by atoms with Crippen molar-refractivity contribution in [3.63, 3.8) is 0 Å². The normalized spacial score (nSPS) is 17.2. The summed E-state index contributed by atoms with van der Waals surface area (Å²) in [4.78, 5) is 4.46. The number of hydrogen-bond donors (Lipinski definition) is 1. The van der Waals surface area contributed by atoms with Crippen LogP contribution in [-0.2, 0) is 12.8 Å². The zero-order valence-corrected chi connectivity index (χ0v) is 13.7. The Kier molecular flexibility index (Phi) is 4.71. The lowest BCUT2D eigenvalue weighted by atomic mass is 9.89. The monoisotopic (exact) mass is 300 g/mol. The number of thiazole rings is 1. The predicted molar refractivity (Wildman–Crippen MR) is 89.8 cm³/mol. The molecule has 0 fully saturated rings. The molecule has 3 heteroatoms. The van der Waals surface area contributed by atoms with E-state index in [-0.39, 0.29) is 0 Å². The van der Waals surface area contributed by atoms with Gasteiger partial charge in [0.05, 0.1) is 6.04 Å². The quantitative estimate of drug-likeness (QED) is 0.856. The fourth-order valence-electron chi connectivity index (χ4n) is 3.19. The molecule has 21 heavy (non-hydrogen) atoms. The van der Waals surface area contributed by atoms with Gasteiger partial charge in [-0.15, -0.1) is 11.3 Å². The average molecular weight is 300 g/mol. The van der Waals surface area contributed by atoms with Gasteiger partial charge in [-0.3, -0.25) is 0 Å². The van der Waals surface area contributed by atoms with Crippen LogP contribution in [0.1, 0.15) is 66.9 Å². The lowest BCUT2D eigenvalue weighted by molar-refractivity contribution is 0.454. The van der Waals surface area contributed by atoms with E-state index in [9.17, 15) is 0 Å². The third-order valence-electron chi connectivity index (χ3n) is 4.48. The fraction of sp³-hybridized carbons (Fsp3) is 0.500. The van der Waals surface area contributed by atoms with Crippen LogP contribution in [-0.4, -0.2) is 4.98 Å². The van der Waals surface area contributed by atoms with E-state index >= 15 is 0 Å². The minimum absolute atomic E-state index is 0.357. The SMILES string of the molecule is CCC(NC(C)c1ccc2c(c1)CCCC2)c1nccs1. The Morgan fingerprint density at radius 1 is 1.24 bits per heavy atom. The molecule has 1 aliphatic rings. The van der Waals surface area contributed by atoms with E-state index < -0.39 is 0 Å². The van der Waals surface area contributed by atoms with Gasteiger partial charge in [-0.1, -0.05) is 25.1 Å². The molecule has 1 heterocycles. The Hall–Kier alpha value is -1.19. The largest absolute Gasteiger partial charge is 0.301 e. The van der Waals surface area contributed by atoms with Crippen LogP contribution in [0.3, 0.4) is 0 Å². The highest BCUT2D eigenvalue weighted by Crippen LogP contribution is 2.27. The molecule has 2 unspecified atom stereocenters. The second kappa shape index (κ2) is 6.71. The van der Waals surface area contributed by atoms with Gasteiger partial charge < -0.3 is 5.32 Å². The number of hydrogen-bond acceptors (Lipinski definition) is 3. The van der Waals surface area contributed by atoms with Crippen molar-refractivity contribution < 1.29 is 0 Å². The molecule has 2 nitrogen and oxygen atoms in total. The molecule has 1 aromatic heterocycles. The molecule has 0 saturated heterocycles. The highest BCUT2D eigenvalue weighted by molar-refractivity contribution is 7.09. The molecule has 0 saturated carbocycles. The maximum Gasteiger partial charge on any atom is 0.109 e. The zero-order valence-electron chi connectivity index (χ0n) is 12.9. The molecule has 112 valence electrons. The molecule has 0 spiro atoms. The summed E-state index contributed by atoms with van der Waals surface area (Å²) in [6.45, 7) is 4.49. The summed E-state index contributed by atoms with van der Waals surface area (Å²) in [7, 11) is 0. The van der Waals surface area contributed by atoms with Crippen molar-refractivity contribution >= 4 is 11.3 Å². The van der Waals surface area contributed by atoms with Gasteiger partial charge in [0.2, 0.25) is 0 Å². The molecule has 0 radical (unpaired) electrons. The van der Waals surface area contributed by atoms with Gasteiger partial charge in [-0.2, -0.15) is 0 Å². The number of nitrogens with zero attached hydrogens (tertiary/aromatic N) is 1. The number of nitrogens with one attached hydrogen (secondary N) is 1. The summed E-state index contributed by atoms with van der Waals surface area (Å²) in [5.41, 5.74) is 4.53. The zero-order chi connectivity index (χ0) is 14.7. The van der Waals surface area contributed by atoms with E-state index in [2.05, 4.69) is 47.7 Å². The molecule has 1 aromatic carbocycles. The van der Waals surface area contributed by atoms with Crippen molar-refractivity contribution in [2.24, 2.45) is 0 Å². The molecular formula is C18H24N2S. The molecule has 2 atom stereocenters. The van der Waals surface area contributed by atoms with E-state index in [1.165, 1.54) is 36.3 Å². The van der Waals surface area contributed by atoms with Crippen molar-refractivity contribution in [2.45, 2.75) is 58.0 Å². The Balaban J connectivity index is 1.74.